The summed E-state index contributed by atoms with van der Waals surface area (Å²) in [6.07, 6.45) is 5.51. The van der Waals surface area contributed by atoms with Crippen LogP contribution in [0.3, 0.4) is 0 Å². The first-order valence-electron chi connectivity index (χ1n) is 7.51. The molecule has 1 aliphatic heterocycles. The van der Waals surface area contributed by atoms with Gasteiger partial charge in [0.15, 0.2) is 0 Å². The number of hydrogen-bond acceptors (Lipinski definition) is 4. The van der Waals surface area contributed by atoms with Crippen molar-refractivity contribution in [3.63, 3.8) is 0 Å². The van der Waals surface area contributed by atoms with Gasteiger partial charge in [-0.1, -0.05) is 6.07 Å². The number of hydrogen-bond donors (Lipinski definition) is 0. The third kappa shape index (κ3) is 2.36. The van der Waals surface area contributed by atoms with Gasteiger partial charge in [0.1, 0.15) is 0 Å². The first kappa shape index (κ1) is 15.2. The summed E-state index contributed by atoms with van der Waals surface area (Å²) in [5.41, 5.74) is 3.44. The van der Waals surface area contributed by atoms with Gasteiger partial charge in [0.05, 0.1) is 17.4 Å². The minimum Gasteiger partial charge on any atom is -0.399 e. The van der Waals surface area contributed by atoms with Crippen LogP contribution >= 0.6 is 0 Å². The normalized spacial score (nSPS) is 19.6. The summed E-state index contributed by atoms with van der Waals surface area (Å²) in [6, 6.07) is 2.07. The van der Waals surface area contributed by atoms with Crippen LogP contribution < -0.4 is 5.46 Å². The van der Waals surface area contributed by atoms with Crippen molar-refractivity contribution in [3.8, 4) is 11.1 Å². The fourth-order valence-corrected chi connectivity index (χ4v) is 2.50. The zero-order valence-electron chi connectivity index (χ0n) is 14.0. The van der Waals surface area contributed by atoms with Crippen molar-refractivity contribution >= 4 is 12.6 Å². The molecule has 3 heterocycles. The first-order chi connectivity index (χ1) is 10.2. The number of aromatic nitrogens is 3. The molecule has 2 aromatic heterocycles. The zero-order valence-corrected chi connectivity index (χ0v) is 14.0. The first-order valence-corrected chi connectivity index (χ1v) is 7.51. The summed E-state index contributed by atoms with van der Waals surface area (Å²) in [4.78, 5) is 4.35. The molecule has 0 bridgehead atoms. The Morgan fingerprint density at radius 1 is 1.05 bits per heavy atom. The Labute approximate surface area is 131 Å². The van der Waals surface area contributed by atoms with Gasteiger partial charge in [0, 0.05) is 41.7 Å². The van der Waals surface area contributed by atoms with Gasteiger partial charge < -0.3 is 9.31 Å². The second kappa shape index (κ2) is 4.93. The van der Waals surface area contributed by atoms with Crippen LogP contribution in [0.1, 0.15) is 33.4 Å². The molecular weight excluding hydrogens is 277 g/mol. The van der Waals surface area contributed by atoms with Crippen molar-refractivity contribution in [2.45, 2.75) is 45.8 Å². The van der Waals surface area contributed by atoms with E-state index in [0.717, 1.165) is 22.3 Å². The lowest BCUT2D eigenvalue weighted by Gasteiger charge is -2.32. The van der Waals surface area contributed by atoms with Crippen LogP contribution in [0.15, 0.2) is 24.7 Å². The predicted molar refractivity (Wildman–Crippen MR) is 86.9 cm³/mol. The topological polar surface area (TPSA) is 49.2 Å². The highest BCUT2D eigenvalue weighted by Gasteiger charge is 2.51. The Kier molecular flexibility index (Phi) is 3.42. The van der Waals surface area contributed by atoms with E-state index in [2.05, 4.69) is 43.8 Å². The van der Waals surface area contributed by atoms with E-state index in [-0.39, 0.29) is 11.2 Å². The minimum atomic E-state index is -0.394. The summed E-state index contributed by atoms with van der Waals surface area (Å²) >= 11 is 0. The van der Waals surface area contributed by atoms with Gasteiger partial charge in [-0.2, -0.15) is 5.10 Å². The molecule has 1 fully saturated rings. The van der Waals surface area contributed by atoms with Crippen LogP contribution in [0.4, 0.5) is 0 Å². The Morgan fingerprint density at radius 2 is 1.68 bits per heavy atom. The van der Waals surface area contributed by atoms with Crippen molar-refractivity contribution in [1.82, 2.24) is 14.8 Å². The molecule has 0 unspecified atom stereocenters. The van der Waals surface area contributed by atoms with Crippen molar-refractivity contribution in [2.24, 2.45) is 7.05 Å². The van der Waals surface area contributed by atoms with E-state index in [0.29, 0.717) is 0 Å². The summed E-state index contributed by atoms with van der Waals surface area (Å²) in [5.74, 6) is 0. The van der Waals surface area contributed by atoms with Gasteiger partial charge >= 0.3 is 7.12 Å². The fourth-order valence-electron chi connectivity index (χ4n) is 2.50. The van der Waals surface area contributed by atoms with Crippen LogP contribution in [-0.4, -0.2) is 33.1 Å². The molecule has 2 aromatic rings. The molecule has 3 rings (SSSR count). The molecule has 0 spiro atoms. The van der Waals surface area contributed by atoms with E-state index in [1.807, 2.05) is 31.0 Å². The largest absolute Gasteiger partial charge is 0.496 e. The maximum Gasteiger partial charge on any atom is 0.496 e. The molecule has 6 heteroatoms. The maximum absolute atomic E-state index is 6.09. The predicted octanol–water partition coefficient (Wildman–Crippen LogP) is 2.09. The lowest BCUT2D eigenvalue weighted by molar-refractivity contribution is 0.00578. The van der Waals surface area contributed by atoms with Crippen molar-refractivity contribution in [2.75, 3.05) is 0 Å². The monoisotopic (exact) mass is 299 g/mol. The van der Waals surface area contributed by atoms with Crippen LogP contribution in [0.25, 0.3) is 11.1 Å². The molecule has 0 N–H and O–H groups in total. The number of aryl methyl sites for hydroxylation is 1. The molecule has 0 atom stereocenters. The molecule has 0 aromatic carbocycles. The van der Waals surface area contributed by atoms with Gasteiger partial charge in [0.2, 0.25) is 0 Å². The average molecular weight is 299 g/mol. The van der Waals surface area contributed by atoms with Crippen LogP contribution in [0.5, 0.6) is 0 Å². The van der Waals surface area contributed by atoms with Crippen LogP contribution in [0.2, 0.25) is 0 Å². The van der Waals surface area contributed by atoms with Crippen molar-refractivity contribution < 1.29 is 9.31 Å². The standard InChI is InChI=1S/C16H22BN3O2/c1-11-14(10-19-20(11)6)12-7-13(9-18-8-12)17-21-15(2,3)16(4,5)22-17/h7-10H,1-6H3. The molecule has 0 aliphatic carbocycles. The zero-order chi connectivity index (χ0) is 16.1. The molecule has 0 amide bonds. The molecular formula is C16H22BN3O2. The van der Waals surface area contributed by atoms with E-state index >= 15 is 0 Å². The van der Waals surface area contributed by atoms with Gasteiger partial charge in [-0.05, 0) is 34.6 Å². The summed E-state index contributed by atoms with van der Waals surface area (Å²) in [6.45, 7) is 10.2. The second-order valence-electron chi connectivity index (χ2n) is 6.86. The molecule has 116 valence electrons. The highest BCUT2D eigenvalue weighted by molar-refractivity contribution is 6.62. The van der Waals surface area contributed by atoms with Crippen LogP contribution in [-0.2, 0) is 16.4 Å². The lowest BCUT2D eigenvalue weighted by atomic mass is 9.79. The van der Waals surface area contributed by atoms with Gasteiger partial charge in [-0.3, -0.25) is 9.67 Å². The van der Waals surface area contributed by atoms with Gasteiger partial charge in [0.25, 0.3) is 0 Å². The van der Waals surface area contributed by atoms with Gasteiger partial charge in [-0.15, -0.1) is 0 Å². The molecule has 22 heavy (non-hydrogen) atoms. The third-order valence-electron chi connectivity index (χ3n) is 4.83. The summed E-state index contributed by atoms with van der Waals surface area (Å²) < 4.78 is 14.0. The molecule has 0 saturated carbocycles. The van der Waals surface area contributed by atoms with E-state index in [4.69, 9.17) is 9.31 Å². The molecule has 1 saturated heterocycles. The SMILES string of the molecule is Cc1c(-c2cncc(B3OC(C)(C)C(C)(C)O3)c2)cnn1C. The minimum absolute atomic E-state index is 0.349. The lowest BCUT2D eigenvalue weighted by Crippen LogP contribution is -2.41. The molecule has 5 nitrogen and oxygen atoms in total. The fraction of sp³-hybridized carbons (Fsp3) is 0.500. The van der Waals surface area contributed by atoms with E-state index in [1.165, 1.54) is 0 Å². The van der Waals surface area contributed by atoms with Crippen molar-refractivity contribution in [3.05, 3.63) is 30.4 Å². The van der Waals surface area contributed by atoms with E-state index in [9.17, 15) is 0 Å². The Bertz CT molecular complexity index is 693. The highest BCUT2D eigenvalue weighted by atomic mass is 16.7. The average Bonchev–Trinajstić information content (AvgIpc) is 2.88. The maximum atomic E-state index is 6.09. The van der Waals surface area contributed by atoms with Gasteiger partial charge in [-0.25, -0.2) is 0 Å². The van der Waals surface area contributed by atoms with E-state index in [1.54, 1.807) is 6.20 Å². The molecule has 0 radical (unpaired) electrons. The Hall–Kier alpha value is -1.66. The number of rotatable bonds is 2. The summed E-state index contributed by atoms with van der Waals surface area (Å²) in [5, 5.41) is 4.29. The molecule has 1 aliphatic rings. The van der Waals surface area contributed by atoms with E-state index < -0.39 is 7.12 Å². The Morgan fingerprint density at radius 3 is 2.23 bits per heavy atom. The Balaban J connectivity index is 1.95. The quantitative estimate of drug-likeness (QED) is 0.797. The van der Waals surface area contributed by atoms with Crippen molar-refractivity contribution in [1.29, 1.82) is 0 Å². The third-order valence-corrected chi connectivity index (χ3v) is 4.83. The van der Waals surface area contributed by atoms with Crippen LogP contribution in [0, 0.1) is 6.92 Å². The number of pyridine rings is 1. The summed E-state index contributed by atoms with van der Waals surface area (Å²) in [7, 11) is 1.54. The second-order valence-corrected chi connectivity index (χ2v) is 6.86. The number of nitrogens with zero attached hydrogens (tertiary/aromatic N) is 3. The smallest absolute Gasteiger partial charge is 0.399 e. The highest BCUT2D eigenvalue weighted by Crippen LogP contribution is 2.36.